The minimum atomic E-state index is -3.07. The number of nitrogens with zero attached hydrogens (tertiary/aromatic N) is 5. The molecule has 0 radical (unpaired) electrons. The summed E-state index contributed by atoms with van der Waals surface area (Å²) in [5, 5.41) is 2.56. The van der Waals surface area contributed by atoms with Crippen molar-refractivity contribution >= 4 is 69.7 Å². The van der Waals surface area contributed by atoms with Crippen LogP contribution in [0.4, 0.5) is 14.6 Å². The number of halogens is 5. The van der Waals surface area contributed by atoms with E-state index >= 15 is 0 Å². The molecule has 0 spiro atoms. The summed E-state index contributed by atoms with van der Waals surface area (Å²) in [6.07, 6.45) is 3.37. The van der Waals surface area contributed by atoms with Gasteiger partial charge in [0.1, 0.15) is 18.3 Å². The number of likely N-dealkylation sites (tertiary alicyclic amines) is 1. The quantitative estimate of drug-likeness (QED) is 0.447. The summed E-state index contributed by atoms with van der Waals surface area (Å²) in [6, 6.07) is 8.88. The lowest BCUT2D eigenvalue weighted by Gasteiger charge is -2.40. The molecule has 1 aromatic heterocycles. The average molecular weight is 639 g/mol. The van der Waals surface area contributed by atoms with E-state index in [1.165, 1.54) is 12.3 Å². The Morgan fingerprint density at radius 1 is 1.12 bits per heavy atom. The molecule has 0 aliphatic carbocycles. The zero-order valence-electron chi connectivity index (χ0n) is 22.5. The summed E-state index contributed by atoms with van der Waals surface area (Å²) >= 11 is 17.6. The molecule has 2 amide bonds. The Morgan fingerprint density at radius 3 is 2.55 bits per heavy atom. The van der Waals surface area contributed by atoms with Gasteiger partial charge in [0.05, 0.1) is 17.7 Å². The molecular weight excluding hydrogens is 611 g/mol. The lowest BCUT2D eigenvalue weighted by Crippen LogP contribution is -2.50. The minimum Gasteiger partial charge on any atom is -0.387 e. The molecule has 9 nitrogen and oxygen atoms in total. The van der Waals surface area contributed by atoms with E-state index in [0.717, 1.165) is 37.1 Å². The fourth-order valence-electron chi connectivity index (χ4n) is 5.51. The van der Waals surface area contributed by atoms with Crippen LogP contribution in [0.5, 0.6) is 0 Å². The normalized spacial score (nSPS) is 22.9. The van der Waals surface area contributed by atoms with Crippen LogP contribution in [-0.2, 0) is 10.7 Å². The number of aliphatic imine (C=N–C) groups is 3. The molecule has 1 saturated heterocycles. The Balaban J connectivity index is 1.39. The van der Waals surface area contributed by atoms with Crippen molar-refractivity contribution in [3.63, 3.8) is 0 Å². The number of piperidine rings is 1. The number of carbonyl (C=O) groups is 2. The van der Waals surface area contributed by atoms with E-state index in [9.17, 15) is 18.4 Å². The van der Waals surface area contributed by atoms with Gasteiger partial charge in [0.15, 0.2) is 0 Å². The molecule has 5 rings (SSSR count). The number of pyridine rings is 1. The summed E-state index contributed by atoms with van der Waals surface area (Å²) in [7, 11) is 0. The summed E-state index contributed by atoms with van der Waals surface area (Å²) in [5.74, 6) is -4.09. The van der Waals surface area contributed by atoms with Crippen LogP contribution in [0.15, 0.2) is 57.6 Å². The first-order valence-corrected chi connectivity index (χ1v) is 14.5. The number of fused-ring (bicyclic) bond motifs is 1. The number of alkyl halides is 5. The number of amides is 2. The summed E-state index contributed by atoms with van der Waals surface area (Å²) in [4.78, 5) is 45.1. The van der Waals surface area contributed by atoms with Gasteiger partial charge in [0, 0.05) is 49.5 Å². The molecule has 3 aliphatic heterocycles. The molecule has 0 saturated carbocycles. The molecule has 3 atom stereocenters. The number of benzene rings is 1. The van der Waals surface area contributed by atoms with Crippen LogP contribution in [0.2, 0.25) is 0 Å². The minimum absolute atomic E-state index is 0.0117. The predicted molar refractivity (Wildman–Crippen MR) is 160 cm³/mol. The van der Waals surface area contributed by atoms with Gasteiger partial charge in [-0.15, -0.1) is 0 Å². The van der Waals surface area contributed by atoms with E-state index in [0.29, 0.717) is 36.6 Å². The lowest BCUT2D eigenvalue weighted by atomic mass is 9.79. The van der Waals surface area contributed by atoms with Gasteiger partial charge in [-0.05, 0) is 48.6 Å². The first-order chi connectivity index (χ1) is 19.8. The highest BCUT2D eigenvalue weighted by Crippen LogP contribution is 2.35. The van der Waals surface area contributed by atoms with Gasteiger partial charge in [-0.3, -0.25) is 19.6 Å². The zero-order chi connectivity index (χ0) is 30.2. The number of rotatable bonds is 5. The van der Waals surface area contributed by atoms with E-state index in [1.807, 2.05) is 0 Å². The fourth-order valence-corrected chi connectivity index (χ4v) is 5.87. The van der Waals surface area contributed by atoms with Gasteiger partial charge in [0.2, 0.25) is 0 Å². The maximum Gasteiger partial charge on any atom is 0.274 e. The molecule has 3 aliphatic rings. The topological polar surface area (TPSA) is 125 Å². The van der Waals surface area contributed by atoms with Gasteiger partial charge >= 0.3 is 0 Å². The Bertz CT molecular complexity index is 1470. The molecule has 14 heteroatoms. The molecule has 1 fully saturated rings. The highest BCUT2D eigenvalue weighted by molar-refractivity contribution is 6.76. The standard InChI is InChI=1S/C28H28Cl3F2N7O2/c1-27(32,33)18-8-9-35-21(11-18)39-25(41)16-6-4-15(5-7-16)23-22-20(36-14-37-24(22)34)12-19(38-23)17-3-2-10-40(13-17)26(42)28(29,30)31/h4-9,11,17,19,22H,2-3,10,12-14H2,1H3,(H2,34,37)(H,35,39,41). The van der Waals surface area contributed by atoms with Crippen LogP contribution >= 0.6 is 34.8 Å². The lowest BCUT2D eigenvalue weighted by molar-refractivity contribution is -0.132. The van der Waals surface area contributed by atoms with Crippen LogP contribution in [0.25, 0.3) is 0 Å². The third-order valence-corrected chi connectivity index (χ3v) is 8.12. The number of hydrogen-bond donors (Lipinski definition) is 2. The van der Waals surface area contributed by atoms with Crippen molar-refractivity contribution in [3.05, 3.63) is 59.3 Å². The maximum absolute atomic E-state index is 13.7. The largest absolute Gasteiger partial charge is 0.387 e. The van der Waals surface area contributed by atoms with Crippen molar-refractivity contribution < 1.29 is 18.4 Å². The van der Waals surface area contributed by atoms with Gasteiger partial charge in [-0.25, -0.2) is 18.8 Å². The van der Waals surface area contributed by atoms with E-state index in [2.05, 4.69) is 20.3 Å². The zero-order valence-corrected chi connectivity index (χ0v) is 24.8. The number of aromatic nitrogens is 1. The molecule has 3 unspecified atom stereocenters. The van der Waals surface area contributed by atoms with Crippen molar-refractivity contribution in [3.8, 4) is 0 Å². The van der Waals surface area contributed by atoms with E-state index in [1.54, 1.807) is 29.2 Å². The number of amidine groups is 1. The highest BCUT2D eigenvalue weighted by Gasteiger charge is 2.42. The molecule has 42 heavy (non-hydrogen) atoms. The smallest absolute Gasteiger partial charge is 0.274 e. The van der Waals surface area contributed by atoms with Crippen LogP contribution in [0, 0.1) is 11.8 Å². The van der Waals surface area contributed by atoms with Crippen LogP contribution < -0.4 is 11.1 Å². The number of nitrogens with two attached hydrogens (primary N) is 1. The summed E-state index contributed by atoms with van der Waals surface area (Å²) in [6.45, 7) is 1.91. The van der Waals surface area contributed by atoms with Crippen LogP contribution in [0.3, 0.4) is 0 Å². The Morgan fingerprint density at radius 2 is 1.86 bits per heavy atom. The van der Waals surface area contributed by atoms with Crippen molar-refractivity contribution in [1.82, 2.24) is 9.88 Å². The first kappa shape index (κ1) is 30.3. The number of hydrogen-bond acceptors (Lipinski definition) is 7. The second-order valence-corrected chi connectivity index (χ2v) is 12.9. The van der Waals surface area contributed by atoms with Crippen LogP contribution in [0.1, 0.15) is 47.7 Å². The SMILES string of the molecule is CC(F)(F)c1ccnc(NC(=O)c2ccc(C3=NC(C4CCCN(C(=O)C(Cl)(Cl)Cl)C4)CC4=NCN=C(N)C43)cc2)c1. The Hall–Kier alpha value is -3.15. The number of carbonyl (C=O) groups excluding carboxylic acids is 2. The monoisotopic (exact) mass is 637 g/mol. The third-order valence-electron chi connectivity index (χ3n) is 7.64. The Kier molecular flexibility index (Phi) is 8.55. The summed E-state index contributed by atoms with van der Waals surface area (Å²) in [5.41, 5.74) is 8.63. The third kappa shape index (κ3) is 6.58. The van der Waals surface area contributed by atoms with E-state index < -0.39 is 27.4 Å². The van der Waals surface area contributed by atoms with Crippen LogP contribution in [-0.4, -0.2) is 68.5 Å². The molecule has 1 aromatic carbocycles. The highest BCUT2D eigenvalue weighted by atomic mass is 35.6. The molecule has 222 valence electrons. The van der Waals surface area contributed by atoms with Crippen molar-refractivity contribution in [1.29, 1.82) is 0 Å². The Labute approximate surface area is 256 Å². The molecule has 4 heterocycles. The molecule has 0 bridgehead atoms. The van der Waals surface area contributed by atoms with E-state index in [4.69, 9.17) is 45.5 Å². The molecule has 2 aromatic rings. The van der Waals surface area contributed by atoms with Gasteiger partial charge in [-0.2, -0.15) is 0 Å². The van der Waals surface area contributed by atoms with Crippen molar-refractivity contribution in [2.45, 2.75) is 41.9 Å². The van der Waals surface area contributed by atoms with Gasteiger partial charge < -0.3 is 16.0 Å². The average Bonchev–Trinajstić information content (AvgIpc) is 2.95. The number of anilines is 1. The molecule has 3 N–H and O–H groups in total. The van der Waals surface area contributed by atoms with Crippen molar-refractivity contribution in [2.75, 3.05) is 25.1 Å². The fraction of sp³-hybridized carbons (Fsp3) is 0.429. The summed E-state index contributed by atoms with van der Waals surface area (Å²) < 4.78 is 25.4. The predicted octanol–water partition coefficient (Wildman–Crippen LogP) is 5.00. The second kappa shape index (κ2) is 11.9. The first-order valence-electron chi connectivity index (χ1n) is 13.3. The van der Waals surface area contributed by atoms with Crippen molar-refractivity contribution in [2.24, 2.45) is 32.5 Å². The number of nitrogens with one attached hydrogen (secondary N) is 1. The van der Waals surface area contributed by atoms with E-state index in [-0.39, 0.29) is 30.0 Å². The van der Waals surface area contributed by atoms with Gasteiger partial charge in [-0.1, -0.05) is 46.9 Å². The second-order valence-electron chi connectivity index (χ2n) is 10.6. The van der Waals surface area contributed by atoms with Gasteiger partial charge in [0.25, 0.3) is 21.5 Å². The molecular formula is C28H28Cl3F2N7O2. The maximum atomic E-state index is 13.7.